The summed E-state index contributed by atoms with van der Waals surface area (Å²) < 4.78 is 0. The van der Waals surface area contributed by atoms with Crippen LogP contribution >= 0.6 is 0 Å². The SMILES string of the molecule is Cc1cc(-c2ccccc2)nc(-c2cccc3c2-c2ccccc2C32c3ccccc3-c3c(-c4ccc(-c5cccnc5C)cc4)cccc32)n1. The van der Waals surface area contributed by atoms with Crippen molar-refractivity contribution in [1.82, 2.24) is 15.0 Å². The average Bonchev–Trinajstić information content (AvgIpc) is 3.66. The van der Waals surface area contributed by atoms with Gasteiger partial charge < -0.3 is 0 Å². The molecule has 0 radical (unpaired) electrons. The Morgan fingerprint density at radius 1 is 0.412 bits per heavy atom. The number of benzene rings is 6. The first-order valence-corrected chi connectivity index (χ1v) is 17.5. The van der Waals surface area contributed by atoms with Crippen molar-refractivity contribution in [3.63, 3.8) is 0 Å². The zero-order valence-electron chi connectivity index (χ0n) is 28.4. The van der Waals surface area contributed by atoms with Crippen molar-refractivity contribution in [2.24, 2.45) is 0 Å². The van der Waals surface area contributed by atoms with Crippen LogP contribution in [-0.2, 0) is 5.41 Å². The van der Waals surface area contributed by atoms with E-state index in [9.17, 15) is 0 Å². The zero-order valence-corrected chi connectivity index (χ0v) is 28.4. The summed E-state index contributed by atoms with van der Waals surface area (Å²) >= 11 is 0. The quantitative estimate of drug-likeness (QED) is 0.190. The Hall–Kier alpha value is -6.45. The van der Waals surface area contributed by atoms with Crippen molar-refractivity contribution in [3.05, 3.63) is 198 Å². The van der Waals surface area contributed by atoms with Crippen LogP contribution in [0.3, 0.4) is 0 Å². The van der Waals surface area contributed by atoms with E-state index in [1.807, 2.05) is 18.3 Å². The fourth-order valence-corrected chi connectivity index (χ4v) is 8.73. The number of fused-ring (bicyclic) bond motifs is 10. The molecule has 0 amide bonds. The van der Waals surface area contributed by atoms with E-state index in [2.05, 4.69) is 164 Å². The number of rotatable bonds is 4. The van der Waals surface area contributed by atoms with Crippen molar-refractivity contribution in [1.29, 1.82) is 0 Å². The van der Waals surface area contributed by atoms with Gasteiger partial charge in [0.25, 0.3) is 0 Å². The van der Waals surface area contributed by atoms with Gasteiger partial charge in [-0.25, -0.2) is 9.97 Å². The maximum absolute atomic E-state index is 5.20. The lowest BCUT2D eigenvalue weighted by Crippen LogP contribution is -2.25. The van der Waals surface area contributed by atoms with Crippen LogP contribution in [0.4, 0.5) is 0 Å². The van der Waals surface area contributed by atoms with Gasteiger partial charge in [0, 0.05) is 34.3 Å². The molecule has 0 N–H and O–H groups in total. The molecule has 0 saturated carbocycles. The summed E-state index contributed by atoms with van der Waals surface area (Å²) in [7, 11) is 0. The second kappa shape index (κ2) is 11.3. The van der Waals surface area contributed by atoms with Gasteiger partial charge in [-0.3, -0.25) is 4.98 Å². The first-order chi connectivity index (χ1) is 25.1. The molecule has 10 rings (SSSR count). The predicted molar refractivity (Wildman–Crippen MR) is 207 cm³/mol. The molecule has 0 fully saturated rings. The van der Waals surface area contributed by atoms with Crippen LogP contribution in [0, 0.1) is 13.8 Å². The van der Waals surface area contributed by atoms with Gasteiger partial charge in [0.1, 0.15) is 0 Å². The minimum atomic E-state index is -0.483. The molecule has 0 aliphatic heterocycles. The molecule has 240 valence electrons. The highest BCUT2D eigenvalue weighted by Crippen LogP contribution is 2.65. The van der Waals surface area contributed by atoms with Gasteiger partial charge in [0.2, 0.25) is 0 Å². The van der Waals surface area contributed by atoms with E-state index < -0.39 is 5.41 Å². The Balaban J connectivity index is 1.21. The molecule has 2 aliphatic rings. The smallest absolute Gasteiger partial charge is 0.160 e. The summed E-state index contributed by atoms with van der Waals surface area (Å²) in [5.41, 5.74) is 19.6. The number of hydrogen-bond acceptors (Lipinski definition) is 3. The third-order valence-electron chi connectivity index (χ3n) is 10.8. The Morgan fingerprint density at radius 3 is 1.61 bits per heavy atom. The second-order valence-corrected chi connectivity index (χ2v) is 13.6. The van der Waals surface area contributed by atoms with Crippen LogP contribution in [0.1, 0.15) is 33.6 Å². The molecular weight excluding hydrogens is 619 g/mol. The van der Waals surface area contributed by atoms with E-state index in [0.717, 1.165) is 39.6 Å². The molecule has 3 heteroatoms. The monoisotopic (exact) mass is 651 g/mol. The van der Waals surface area contributed by atoms with Gasteiger partial charge in [-0.15, -0.1) is 0 Å². The van der Waals surface area contributed by atoms with E-state index >= 15 is 0 Å². The van der Waals surface area contributed by atoms with Crippen LogP contribution in [0.2, 0.25) is 0 Å². The first kappa shape index (κ1) is 29.5. The second-order valence-electron chi connectivity index (χ2n) is 13.6. The summed E-state index contributed by atoms with van der Waals surface area (Å²) in [6.45, 7) is 4.13. The Kier molecular flexibility index (Phi) is 6.53. The van der Waals surface area contributed by atoms with E-state index in [4.69, 9.17) is 9.97 Å². The molecule has 1 unspecified atom stereocenters. The average molecular weight is 652 g/mol. The molecule has 0 saturated heterocycles. The molecule has 0 bridgehead atoms. The highest BCUT2D eigenvalue weighted by Gasteiger charge is 2.52. The summed E-state index contributed by atoms with van der Waals surface area (Å²) in [5.74, 6) is 0.752. The number of nitrogens with zero attached hydrogens (tertiary/aromatic N) is 3. The maximum atomic E-state index is 5.20. The highest BCUT2D eigenvalue weighted by molar-refractivity contribution is 6.02. The fraction of sp³-hybridized carbons (Fsp3) is 0.0625. The third-order valence-corrected chi connectivity index (χ3v) is 10.8. The molecule has 1 atom stereocenters. The van der Waals surface area contributed by atoms with Gasteiger partial charge >= 0.3 is 0 Å². The minimum absolute atomic E-state index is 0.483. The highest BCUT2D eigenvalue weighted by atomic mass is 14.9. The fourth-order valence-electron chi connectivity index (χ4n) is 8.73. The van der Waals surface area contributed by atoms with Gasteiger partial charge in [-0.05, 0) is 87.2 Å². The van der Waals surface area contributed by atoms with Gasteiger partial charge in [0.05, 0.1) is 11.1 Å². The summed E-state index contributed by atoms with van der Waals surface area (Å²) in [5, 5.41) is 0. The molecular formula is C48H33N3. The lowest BCUT2D eigenvalue weighted by atomic mass is 9.70. The Labute approximate surface area is 298 Å². The predicted octanol–water partition coefficient (Wildman–Crippen LogP) is 11.5. The zero-order chi connectivity index (χ0) is 34.1. The van der Waals surface area contributed by atoms with Gasteiger partial charge in [0.15, 0.2) is 5.82 Å². The number of aromatic nitrogens is 3. The van der Waals surface area contributed by atoms with E-state index in [1.54, 1.807) is 0 Å². The van der Waals surface area contributed by atoms with Crippen LogP contribution < -0.4 is 0 Å². The van der Waals surface area contributed by atoms with Gasteiger partial charge in [-0.1, -0.05) is 146 Å². The summed E-state index contributed by atoms with van der Waals surface area (Å²) in [6, 6.07) is 57.2. The van der Waals surface area contributed by atoms with Crippen LogP contribution in [-0.4, -0.2) is 15.0 Å². The Bertz CT molecular complexity index is 2660. The molecule has 2 aromatic heterocycles. The maximum Gasteiger partial charge on any atom is 0.160 e. The molecule has 2 heterocycles. The number of pyridine rings is 1. The number of hydrogen-bond donors (Lipinski definition) is 0. The first-order valence-electron chi connectivity index (χ1n) is 17.5. The molecule has 51 heavy (non-hydrogen) atoms. The summed E-state index contributed by atoms with van der Waals surface area (Å²) in [6.07, 6.45) is 1.85. The molecule has 2 aliphatic carbocycles. The van der Waals surface area contributed by atoms with E-state index in [-0.39, 0.29) is 0 Å². The van der Waals surface area contributed by atoms with E-state index in [0.29, 0.717) is 0 Å². The normalized spacial score (nSPS) is 14.9. The van der Waals surface area contributed by atoms with Crippen LogP contribution in [0.5, 0.6) is 0 Å². The summed E-state index contributed by atoms with van der Waals surface area (Å²) in [4.78, 5) is 14.8. The molecule has 1 spiro atoms. The number of aryl methyl sites for hydroxylation is 2. The van der Waals surface area contributed by atoms with Crippen molar-refractivity contribution >= 4 is 0 Å². The van der Waals surface area contributed by atoms with Crippen molar-refractivity contribution in [3.8, 4) is 67.2 Å². The van der Waals surface area contributed by atoms with Gasteiger partial charge in [-0.2, -0.15) is 0 Å². The van der Waals surface area contributed by atoms with Crippen molar-refractivity contribution in [2.45, 2.75) is 19.3 Å². The van der Waals surface area contributed by atoms with Crippen molar-refractivity contribution < 1.29 is 0 Å². The minimum Gasteiger partial charge on any atom is -0.261 e. The molecule has 6 aromatic carbocycles. The molecule has 3 nitrogen and oxygen atoms in total. The molecule has 8 aromatic rings. The van der Waals surface area contributed by atoms with Crippen LogP contribution in [0.15, 0.2) is 164 Å². The van der Waals surface area contributed by atoms with Crippen LogP contribution in [0.25, 0.3) is 67.2 Å². The van der Waals surface area contributed by atoms with Crippen molar-refractivity contribution in [2.75, 3.05) is 0 Å². The largest absolute Gasteiger partial charge is 0.261 e. The lowest BCUT2D eigenvalue weighted by molar-refractivity contribution is 0.794. The Morgan fingerprint density at radius 2 is 0.941 bits per heavy atom. The third kappa shape index (κ3) is 4.28. The lowest BCUT2D eigenvalue weighted by Gasteiger charge is -2.30. The standard InChI is InChI=1S/C48H33N3/c1-30-29-44(34-13-4-3-5-14-34)51-47(50-30)39-18-11-23-43-46(39)38-16-7-9-21-41(38)48(43)40-20-8-6-15-37(40)45-36(17-10-22-42(45)48)33-26-24-32(25-27-33)35-19-12-28-49-31(35)2/h3-29H,1-2H3. The van der Waals surface area contributed by atoms with E-state index in [1.165, 1.54) is 61.2 Å². The topological polar surface area (TPSA) is 38.7 Å².